The first kappa shape index (κ1) is 14.3. The molecule has 2 aromatic rings. The summed E-state index contributed by atoms with van der Waals surface area (Å²) in [4.78, 5) is 4.42. The van der Waals surface area contributed by atoms with Gasteiger partial charge in [-0.1, -0.05) is 30.8 Å². The smallest absolute Gasteiger partial charge is 0.170 e. The van der Waals surface area contributed by atoms with Crippen LogP contribution in [-0.2, 0) is 6.42 Å². The molecule has 0 saturated carbocycles. The van der Waals surface area contributed by atoms with Crippen LogP contribution in [-0.4, -0.2) is 22.2 Å². The Kier molecular flexibility index (Phi) is 5.18. The van der Waals surface area contributed by atoms with Gasteiger partial charge >= 0.3 is 0 Å². The largest absolute Gasteiger partial charge is 0.497 e. The Labute approximate surface area is 121 Å². The van der Waals surface area contributed by atoms with Crippen LogP contribution < -0.4 is 10.5 Å². The monoisotopic (exact) mass is 295 g/mol. The molecule has 2 rings (SSSR count). The van der Waals surface area contributed by atoms with E-state index in [1.807, 2.05) is 24.3 Å². The summed E-state index contributed by atoms with van der Waals surface area (Å²) in [6, 6.07) is 7.84. The molecule has 0 amide bonds. The molecule has 6 heteroatoms. The normalized spacial score (nSPS) is 12.4. The van der Waals surface area contributed by atoms with Crippen LogP contribution in [0.4, 0.5) is 0 Å². The summed E-state index contributed by atoms with van der Waals surface area (Å²) in [5, 5.41) is 0. The van der Waals surface area contributed by atoms with Gasteiger partial charge in [-0.25, -0.2) is 4.98 Å². The molecule has 0 saturated heterocycles. The molecule has 0 spiro atoms. The number of hydrogen-bond acceptors (Lipinski definition) is 6. The van der Waals surface area contributed by atoms with Crippen molar-refractivity contribution in [2.24, 2.45) is 5.73 Å². The molecule has 4 nitrogen and oxygen atoms in total. The summed E-state index contributed by atoms with van der Waals surface area (Å²) in [6.07, 6.45) is 0.874. The van der Waals surface area contributed by atoms with Crippen molar-refractivity contribution in [3.63, 3.8) is 0 Å². The summed E-state index contributed by atoms with van der Waals surface area (Å²) in [5.41, 5.74) is 7.26. The van der Waals surface area contributed by atoms with Gasteiger partial charge in [0.1, 0.15) is 11.6 Å². The number of methoxy groups -OCH3 is 1. The lowest BCUT2D eigenvalue weighted by Crippen LogP contribution is -2.12. The summed E-state index contributed by atoms with van der Waals surface area (Å²) in [6.45, 7) is 2.05. The van der Waals surface area contributed by atoms with Crippen LogP contribution in [0.25, 0.3) is 0 Å². The predicted octanol–water partition coefficient (Wildman–Crippen LogP) is 2.90. The zero-order valence-electron chi connectivity index (χ0n) is 11.0. The Morgan fingerprint density at radius 3 is 3.00 bits per heavy atom. The molecule has 0 radical (unpaired) electrons. The van der Waals surface area contributed by atoms with Gasteiger partial charge in [0, 0.05) is 18.2 Å². The minimum absolute atomic E-state index is 0.0333. The Bertz CT molecular complexity index is 530. The van der Waals surface area contributed by atoms with Gasteiger partial charge in [0.25, 0.3) is 0 Å². The number of nitrogens with zero attached hydrogens (tertiary/aromatic N) is 2. The molecule has 1 atom stereocenters. The SMILES string of the molecule is CCc1nsc(SCC(N)c2cccc(OC)c2)n1. The zero-order chi connectivity index (χ0) is 13.7. The van der Waals surface area contributed by atoms with Gasteiger partial charge in [-0.3, -0.25) is 0 Å². The van der Waals surface area contributed by atoms with Gasteiger partial charge in [-0.15, -0.1) is 0 Å². The van der Waals surface area contributed by atoms with Crippen LogP contribution in [0.5, 0.6) is 5.75 Å². The molecule has 0 bridgehead atoms. The first-order valence-electron chi connectivity index (χ1n) is 6.07. The van der Waals surface area contributed by atoms with Crippen LogP contribution in [0.3, 0.4) is 0 Å². The first-order chi connectivity index (χ1) is 9.22. The molecular weight excluding hydrogens is 278 g/mol. The second-order valence-electron chi connectivity index (χ2n) is 4.02. The van der Waals surface area contributed by atoms with Crippen LogP contribution in [0, 0.1) is 0 Å². The van der Waals surface area contributed by atoms with Crippen molar-refractivity contribution in [2.45, 2.75) is 23.7 Å². The zero-order valence-corrected chi connectivity index (χ0v) is 12.6. The Balaban J connectivity index is 1.94. The molecule has 2 N–H and O–H groups in total. The third-order valence-electron chi connectivity index (χ3n) is 2.67. The average molecular weight is 295 g/mol. The van der Waals surface area contributed by atoms with E-state index in [9.17, 15) is 0 Å². The van der Waals surface area contributed by atoms with Crippen molar-refractivity contribution >= 4 is 23.3 Å². The van der Waals surface area contributed by atoms with Crippen LogP contribution >= 0.6 is 23.3 Å². The number of hydrogen-bond donors (Lipinski definition) is 1. The van der Waals surface area contributed by atoms with Crippen molar-refractivity contribution in [1.29, 1.82) is 0 Å². The highest BCUT2D eigenvalue weighted by atomic mass is 32.2. The number of benzene rings is 1. The van der Waals surface area contributed by atoms with Gasteiger partial charge in [0.05, 0.1) is 7.11 Å². The highest BCUT2D eigenvalue weighted by Crippen LogP contribution is 2.26. The molecule has 102 valence electrons. The maximum atomic E-state index is 6.19. The second kappa shape index (κ2) is 6.88. The van der Waals surface area contributed by atoms with Crippen molar-refractivity contribution in [3.8, 4) is 5.75 Å². The highest BCUT2D eigenvalue weighted by molar-refractivity contribution is 8.00. The Hall–Kier alpha value is -1.11. The minimum atomic E-state index is -0.0333. The number of thioether (sulfide) groups is 1. The van der Waals surface area contributed by atoms with E-state index in [4.69, 9.17) is 10.5 Å². The fraction of sp³-hybridized carbons (Fsp3) is 0.385. The quantitative estimate of drug-likeness (QED) is 0.830. The molecule has 0 aliphatic heterocycles. The third kappa shape index (κ3) is 3.92. The first-order valence-corrected chi connectivity index (χ1v) is 7.83. The average Bonchev–Trinajstić information content (AvgIpc) is 2.93. The van der Waals surface area contributed by atoms with Crippen LogP contribution in [0.1, 0.15) is 24.4 Å². The third-order valence-corrected chi connectivity index (χ3v) is 4.66. The molecule has 0 aliphatic rings. The fourth-order valence-corrected chi connectivity index (χ4v) is 3.28. The van der Waals surface area contributed by atoms with E-state index in [1.165, 1.54) is 11.5 Å². The van der Waals surface area contributed by atoms with E-state index in [0.29, 0.717) is 0 Å². The summed E-state index contributed by atoms with van der Waals surface area (Å²) >= 11 is 3.09. The van der Waals surface area contributed by atoms with E-state index >= 15 is 0 Å². The molecule has 19 heavy (non-hydrogen) atoms. The summed E-state index contributed by atoms with van der Waals surface area (Å²) < 4.78 is 10.4. The fourth-order valence-electron chi connectivity index (χ4n) is 1.57. The standard InChI is InChI=1S/C13H17N3OS2/c1-3-12-15-13(19-16-12)18-8-11(14)9-5-4-6-10(7-9)17-2/h4-7,11H,3,8,14H2,1-2H3. The van der Waals surface area contributed by atoms with E-state index in [-0.39, 0.29) is 6.04 Å². The lowest BCUT2D eigenvalue weighted by molar-refractivity contribution is 0.414. The van der Waals surface area contributed by atoms with Crippen molar-refractivity contribution in [2.75, 3.05) is 12.9 Å². The van der Waals surface area contributed by atoms with E-state index in [2.05, 4.69) is 16.3 Å². The topological polar surface area (TPSA) is 61.0 Å². The molecule has 1 aromatic carbocycles. The number of rotatable bonds is 6. The molecule has 1 unspecified atom stereocenters. The summed E-state index contributed by atoms with van der Waals surface area (Å²) in [5.74, 6) is 2.52. The van der Waals surface area contributed by atoms with Crippen molar-refractivity contribution < 1.29 is 4.74 Å². The lowest BCUT2D eigenvalue weighted by atomic mass is 10.1. The van der Waals surface area contributed by atoms with Gasteiger partial charge in [-0.05, 0) is 29.2 Å². The molecule has 1 heterocycles. The molecule has 0 fully saturated rings. The predicted molar refractivity (Wildman–Crippen MR) is 79.9 cm³/mol. The van der Waals surface area contributed by atoms with Gasteiger partial charge in [0.15, 0.2) is 4.34 Å². The minimum Gasteiger partial charge on any atom is -0.497 e. The van der Waals surface area contributed by atoms with E-state index in [1.54, 1.807) is 18.9 Å². The Morgan fingerprint density at radius 2 is 2.32 bits per heavy atom. The maximum Gasteiger partial charge on any atom is 0.170 e. The number of aryl methyl sites for hydroxylation is 1. The molecule has 1 aromatic heterocycles. The van der Waals surface area contributed by atoms with Crippen molar-refractivity contribution in [3.05, 3.63) is 35.7 Å². The van der Waals surface area contributed by atoms with E-state index < -0.39 is 0 Å². The van der Waals surface area contributed by atoms with Gasteiger partial charge in [-0.2, -0.15) is 4.37 Å². The van der Waals surface area contributed by atoms with Crippen molar-refractivity contribution in [1.82, 2.24) is 9.36 Å². The maximum absolute atomic E-state index is 6.19. The summed E-state index contributed by atoms with van der Waals surface area (Å²) in [7, 11) is 1.66. The second-order valence-corrected chi connectivity index (χ2v) is 6.04. The molecule has 0 aliphatic carbocycles. The number of aromatic nitrogens is 2. The van der Waals surface area contributed by atoms with E-state index in [0.717, 1.165) is 33.7 Å². The lowest BCUT2D eigenvalue weighted by Gasteiger charge is -2.11. The van der Waals surface area contributed by atoms with Crippen LogP contribution in [0.2, 0.25) is 0 Å². The molecular formula is C13H17N3OS2. The van der Waals surface area contributed by atoms with Gasteiger partial charge < -0.3 is 10.5 Å². The van der Waals surface area contributed by atoms with Crippen LogP contribution in [0.15, 0.2) is 28.6 Å². The number of nitrogens with two attached hydrogens (primary N) is 1. The highest BCUT2D eigenvalue weighted by Gasteiger charge is 2.10. The van der Waals surface area contributed by atoms with Gasteiger partial charge in [0.2, 0.25) is 0 Å². The Morgan fingerprint density at radius 1 is 1.47 bits per heavy atom. The number of ether oxygens (including phenoxy) is 1.